The number of amides is 1. The lowest BCUT2D eigenvalue weighted by molar-refractivity contribution is -0.117. The molecule has 0 heterocycles. The molecule has 0 saturated heterocycles. The Morgan fingerprint density at radius 1 is 1.29 bits per heavy atom. The van der Waals surface area contributed by atoms with Gasteiger partial charge in [0, 0.05) is 18.7 Å². The fourth-order valence-electron chi connectivity index (χ4n) is 2.32. The highest BCUT2D eigenvalue weighted by Crippen LogP contribution is 2.14. The van der Waals surface area contributed by atoms with Crippen LogP contribution in [-0.4, -0.2) is 30.4 Å². The van der Waals surface area contributed by atoms with E-state index in [2.05, 4.69) is 43.1 Å². The van der Waals surface area contributed by atoms with Crippen LogP contribution in [0.15, 0.2) is 24.3 Å². The fraction of sp³-hybridized carbons (Fsp3) is 0.588. The number of rotatable bonds is 9. The maximum absolute atomic E-state index is 12.0. The molecule has 0 fully saturated rings. The van der Waals surface area contributed by atoms with Crippen molar-refractivity contribution in [1.29, 1.82) is 0 Å². The van der Waals surface area contributed by atoms with E-state index in [0.29, 0.717) is 13.0 Å². The molecular weight excluding hydrogens is 262 g/mol. The number of nitrogens with two attached hydrogens (primary N) is 1. The summed E-state index contributed by atoms with van der Waals surface area (Å²) in [7, 11) is 0. The summed E-state index contributed by atoms with van der Waals surface area (Å²) in [6.45, 7) is 9.92. The van der Waals surface area contributed by atoms with Gasteiger partial charge in [-0.3, -0.25) is 9.69 Å². The molecule has 0 aliphatic rings. The second-order valence-electron chi connectivity index (χ2n) is 5.42. The van der Waals surface area contributed by atoms with Gasteiger partial charge >= 0.3 is 0 Å². The van der Waals surface area contributed by atoms with Gasteiger partial charge in [0.25, 0.3) is 0 Å². The van der Waals surface area contributed by atoms with Crippen LogP contribution in [-0.2, 0) is 11.3 Å². The predicted molar refractivity (Wildman–Crippen MR) is 89.1 cm³/mol. The lowest BCUT2D eigenvalue weighted by Crippen LogP contribution is -2.23. The van der Waals surface area contributed by atoms with Crippen LogP contribution in [0.25, 0.3) is 0 Å². The van der Waals surface area contributed by atoms with E-state index in [4.69, 9.17) is 5.73 Å². The normalized spacial score (nSPS) is 12.4. The molecule has 1 atom stereocenters. The molecule has 0 spiro atoms. The quantitative estimate of drug-likeness (QED) is 0.735. The summed E-state index contributed by atoms with van der Waals surface area (Å²) in [6.07, 6.45) is 1.43. The van der Waals surface area contributed by atoms with Gasteiger partial charge < -0.3 is 11.1 Å². The molecule has 1 aromatic carbocycles. The summed E-state index contributed by atoms with van der Waals surface area (Å²) in [5.74, 6) is 0.316. The smallest absolute Gasteiger partial charge is 0.224 e. The minimum absolute atomic E-state index is 0.0484. The lowest BCUT2D eigenvalue weighted by atomic mass is 10.0. The first-order chi connectivity index (χ1) is 10.1. The Morgan fingerprint density at radius 2 is 2.00 bits per heavy atom. The average Bonchev–Trinajstić information content (AvgIpc) is 2.50. The molecule has 118 valence electrons. The van der Waals surface area contributed by atoms with E-state index in [9.17, 15) is 4.79 Å². The van der Waals surface area contributed by atoms with Gasteiger partial charge in [-0.05, 0) is 43.2 Å². The van der Waals surface area contributed by atoms with Crippen molar-refractivity contribution in [2.75, 3.05) is 25.0 Å². The maximum Gasteiger partial charge on any atom is 0.224 e. The highest BCUT2D eigenvalue weighted by Gasteiger charge is 2.11. The first-order valence-electron chi connectivity index (χ1n) is 7.94. The largest absolute Gasteiger partial charge is 0.330 e. The summed E-state index contributed by atoms with van der Waals surface area (Å²) in [5, 5.41) is 2.98. The van der Waals surface area contributed by atoms with Gasteiger partial charge in [0.1, 0.15) is 0 Å². The van der Waals surface area contributed by atoms with Crippen molar-refractivity contribution >= 4 is 11.6 Å². The van der Waals surface area contributed by atoms with Crippen LogP contribution in [0.4, 0.5) is 5.69 Å². The van der Waals surface area contributed by atoms with Gasteiger partial charge in [-0.25, -0.2) is 0 Å². The Balaban J connectivity index is 2.61. The van der Waals surface area contributed by atoms with Gasteiger partial charge in [-0.1, -0.05) is 39.3 Å². The summed E-state index contributed by atoms with van der Waals surface area (Å²) in [5.41, 5.74) is 7.75. The van der Waals surface area contributed by atoms with Gasteiger partial charge in [-0.2, -0.15) is 0 Å². The minimum Gasteiger partial charge on any atom is -0.330 e. The van der Waals surface area contributed by atoms with Crippen LogP contribution >= 0.6 is 0 Å². The third-order valence-corrected chi connectivity index (χ3v) is 3.90. The van der Waals surface area contributed by atoms with E-state index in [1.807, 2.05) is 12.1 Å². The van der Waals surface area contributed by atoms with E-state index < -0.39 is 0 Å². The van der Waals surface area contributed by atoms with E-state index in [-0.39, 0.29) is 11.8 Å². The molecule has 1 unspecified atom stereocenters. The number of anilines is 1. The molecule has 0 radical (unpaired) electrons. The Hall–Kier alpha value is -1.39. The highest BCUT2D eigenvalue weighted by atomic mass is 16.1. The van der Waals surface area contributed by atoms with E-state index >= 15 is 0 Å². The van der Waals surface area contributed by atoms with Gasteiger partial charge in [0.05, 0.1) is 0 Å². The fourth-order valence-corrected chi connectivity index (χ4v) is 2.32. The Kier molecular flexibility index (Phi) is 8.01. The summed E-state index contributed by atoms with van der Waals surface area (Å²) < 4.78 is 0. The second kappa shape index (κ2) is 9.53. The summed E-state index contributed by atoms with van der Waals surface area (Å²) in [4.78, 5) is 14.4. The van der Waals surface area contributed by atoms with Crippen LogP contribution in [0.5, 0.6) is 0 Å². The van der Waals surface area contributed by atoms with Crippen molar-refractivity contribution in [3.8, 4) is 0 Å². The number of carbonyl (C=O) groups is 1. The number of hydrogen-bond donors (Lipinski definition) is 2. The zero-order valence-corrected chi connectivity index (χ0v) is 13.6. The van der Waals surface area contributed by atoms with Crippen LogP contribution in [0.3, 0.4) is 0 Å². The van der Waals surface area contributed by atoms with Crippen molar-refractivity contribution in [3.63, 3.8) is 0 Å². The SMILES string of the molecule is CCC(CN)CC(=O)Nc1cccc(CN(CC)CC)c1. The molecular formula is C17H29N3O. The van der Waals surface area contributed by atoms with E-state index in [1.165, 1.54) is 5.56 Å². The molecule has 0 saturated carbocycles. The third kappa shape index (κ3) is 6.27. The standard InChI is InChI=1S/C17H29N3O/c1-4-14(12-18)11-17(21)19-16-9-7-8-15(10-16)13-20(5-2)6-3/h7-10,14H,4-6,11-13,18H2,1-3H3,(H,19,21). The number of carbonyl (C=O) groups excluding carboxylic acids is 1. The van der Waals surface area contributed by atoms with Crippen molar-refractivity contribution < 1.29 is 4.79 Å². The molecule has 3 N–H and O–H groups in total. The molecule has 0 aromatic heterocycles. The molecule has 1 rings (SSSR count). The van der Waals surface area contributed by atoms with Crippen LogP contribution in [0, 0.1) is 5.92 Å². The first kappa shape index (κ1) is 17.7. The number of hydrogen-bond acceptors (Lipinski definition) is 3. The van der Waals surface area contributed by atoms with Gasteiger partial charge in [0.15, 0.2) is 0 Å². The van der Waals surface area contributed by atoms with Crippen LogP contribution < -0.4 is 11.1 Å². The predicted octanol–water partition coefficient (Wildman–Crippen LogP) is 2.84. The molecule has 4 heteroatoms. The third-order valence-electron chi connectivity index (χ3n) is 3.90. The molecule has 0 bridgehead atoms. The molecule has 4 nitrogen and oxygen atoms in total. The van der Waals surface area contributed by atoms with Gasteiger partial charge in [-0.15, -0.1) is 0 Å². The number of benzene rings is 1. The summed E-state index contributed by atoms with van der Waals surface area (Å²) >= 11 is 0. The first-order valence-corrected chi connectivity index (χ1v) is 7.94. The maximum atomic E-state index is 12.0. The molecule has 0 aliphatic carbocycles. The average molecular weight is 291 g/mol. The zero-order valence-electron chi connectivity index (χ0n) is 13.6. The van der Waals surface area contributed by atoms with E-state index in [0.717, 1.165) is 31.7 Å². The zero-order chi connectivity index (χ0) is 15.7. The lowest BCUT2D eigenvalue weighted by Gasteiger charge is -2.18. The Morgan fingerprint density at radius 3 is 2.57 bits per heavy atom. The van der Waals surface area contributed by atoms with E-state index in [1.54, 1.807) is 0 Å². The second-order valence-corrected chi connectivity index (χ2v) is 5.42. The molecule has 0 aliphatic heterocycles. The van der Waals surface area contributed by atoms with Gasteiger partial charge in [0.2, 0.25) is 5.91 Å². The summed E-state index contributed by atoms with van der Waals surface area (Å²) in [6, 6.07) is 8.09. The van der Waals surface area contributed by atoms with Crippen LogP contribution in [0.1, 0.15) is 39.2 Å². The topological polar surface area (TPSA) is 58.4 Å². The van der Waals surface area contributed by atoms with Crippen LogP contribution in [0.2, 0.25) is 0 Å². The molecule has 1 aromatic rings. The molecule has 21 heavy (non-hydrogen) atoms. The van der Waals surface area contributed by atoms with Crippen molar-refractivity contribution in [2.45, 2.75) is 40.2 Å². The number of nitrogens with one attached hydrogen (secondary N) is 1. The number of nitrogens with zero attached hydrogens (tertiary/aromatic N) is 1. The molecule has 1 amide bonds. The monoisotopic (exact) mass is 291 g/mol. The Bertz CT molecular complexity index is 426. The van der Waals surface area contributed by atoms with Crippen molar-refractivity contribution in [1.82, 2.24) is 4.90 Å². The van der Waals surface area contributed by atoms with Crippen molar-refractivity contribution in [2.24, 2.45) is 11.7 Å². The van der Waals surface area contributed by atoms with Crippen molar-refractivity contribution in [3.05, 3.63) is 29.8 Å². The highest BCUT2D eigenvalue weighted by molar-refractivity contribution is 5.90. The minimum atomic E-state index is 0.0484. The Labute approximate surface area is 128 Å².